The van der Waals surface area contributed by atoms with E-state index in [1.807, 2.05) is 0 Å². The Morgan fingerprint density at radius 2 is 2.18 bits per heavy atom. The van der Waals surface area contributed by atoms with Crippen molar-refractivity contribution in [1.29, 1.82) is 0 Å². The minimum atomic E-state index is -4.94. The molecule has 1 aromatic heterocycles. The van der Waals surface area contributed by atoms with Crippen molar-refractivity contribution in [2.75, 3.05) is 19.8 Å². The van der Waals surface area contributed by atoms with Crippen LogP contribution < -0.4 is 11.2 Å². The molecule has 0 aromatic carbocycles. The maximum Gasteiger partial charge on any atom is 0.423 e. The fourth-order valence-corrected chi connectivity index (χ4v) is 2.75. The van der Waals surface area contributed by atoms with Crippen molar-refractivity contribution in [3.8, 4) is 12.3 Å². The number of rotatable bonds is 6. The summed E-state index contributed by atoms with van der Waals surface area (Å²) in [5.41, 5.74) is -4.10. The number of nitrogens with zero attached hydrogens (tertiary/aromatic N) is 1. The Morgan fingerprint density at radius 3 is 2.79 bits per heavy atom. The van der Waals surface area contributed by atoms with E-state index in [9.17, 15) is 22.8 Å². The van der Waals surface area contributed by atoms with E-state index in [4.69, 9.17) is 37.6 Å². The lowest BCUT2D eigenvalue weighted by Gasteiger charge is -2.19. The largest absolute Gasteiger partial charge is 0.457 e. The van der Waals surface area contributed by atoms with E-state index in [0.717, 1.165) is 0 Å². The molecule has 0 unspecified atom stereocenters. The highest BCUT2D eigenvalue weighted by atomic mass is 32.1. The molecule has 0 saturated carbocycles. The summed E-state index contributed by atoms with van der Waals surface area (Å²) < 4.78 is 60.8. The van der Waals surface area contributed by atoms with Gasteiger partial charge in [0.2, 0.25) is 0 Å². The molecule has 0 spiro atoms. The number of aromatic amines is 1. The molecule has 12 heteroatoms. The summed E-state index contributed by atoms with van der Waals surface area (Å²) in [6.45, 7) is 1.78. The van der Waals surface area contributed by atoms with Crippen LogP contribution in [0, 0.1) is 12.3 Å². The van der Waals surface area contributed by atoms with Gasteiger partial charge in [-0.05, 0) is 6.92 Å². The number of halogens is 3. The Morgan fingerprint density at radius 1 is 1.46 bits per heavy atom. The van der Waals surface area contributed by atoms with Gasteiger partial charge in [-0.3, -0.25) is 14.3 Å². The number of alkyl halides is 3. The van der Waals surface area contributed by atoms with Crippen LogP contribution in [0.3, 0.4) is 0 Å². The Kier molecular flexibility index (Phi) is 7.22. The molecule has 0 radical (unpaired) electrons. The number of ether oxygens (including phenoxy) is 4. The van der Waals surface area contributed by atoms with Crippen molar-refractivity contribution in [1.82, 2.24) is 9.55 Å². The zero-order valence-electron chi connectivity index (χ0n) is 14.7. The molecule has 154 valence electrons. The van der Waals surface area contributed by atoms with Crippen LogP contribution in [-0.2, 0) is 25.1 Å². The zero-order chi connectivity index (χ0) is 20.9. The third-order valence-corrected chi connectivity index (χ3v) is 4.01. The number of hydrogen-bond acceptors (Lipinski definition) is 7. The van der Waals surface area contributed by atoms with Gasteiger partial charge in [-0.25, -0.2) is 4.79 Å². The number of thiocarbonyl (C=S) groups is 1. The van der Waals surface area contributed by atoms with Gasteiger partial charge in [-0.1, -0.05) is 5.92 Å². The third kappa shape index (κ3) is 5.34. The molecule has 2 heterocycles. The molecule has 0 bridgehead atoms. The summed E-state index contributed by atoms with van der Waals surface area (Å²) in [4.78, 5) is 25.1. The van der Waals surface area contributed by atoms with Crippen LogP contribution in [0.1, 0.15) is 25.1 Å². The van der Waals surface area contributed by atoms with E-state index < -0.39 is 41.4 Å². The van der Waals surface area contributed by atoms with E-state index in [2.05, 4.69) is 5.92 Å². The Labute approximate surface area is 162 Å². The van der Waals surface area contributed by atoms with Crippen LogP contribution in [0.25, 0.3) is 0 Å². The summed E-state index contributed by atoms with van der Waals surface area (Å²) in [6.07, 6.45) is -1.97. The molecular formula is C16H17F3N2O6S. The molecule has 1 N–H and O–H groups in total. The van der Waals surface area contributed by atoms with Gasteiger partial charge >= 0.3 is 17.1 Å². The number of hydrogen-bond donors (Lipinski definition) is 1. The van der Waals surface area contributed by atoms with Crippen molar-refractivity contribution in [3.63, 3.8) is 0 Å². The number of terminal acetylenes is 1. The first-order valence-corrected chi connectivity index (χ1v) is 8.51. The smallest absolute Gasteiger partial charge is 0.423 e. The average Bonchev–Trinajstić information content (AvgIpc) is 3.00. The molecule has 1 aromatic rings. The van der Waals surface area contributed by atoms with Gasteiger partial charge in [-0.15, -0.1) is 6.42 Å². The van der Waals surface area contributed by atoms with E-state index in [0.29, 0.717) is 10.8 Å². The molecule has 3 atom stereocenters. The number of H-pyrrole nitrogens is 1. The van der Waals surface area contributed by atoms with Gasteiger partial charge in [0.1, 0.15) is 31.1 Å². The summed E-state index contributed by atoms with van der Waals surface area (Å²) in [5, 5.41) is -0.134. The quantitative estimate of drug-likeness (QED) is 0.544. The molecular weight excluding hydrogens is 405 g/mol. The maximum atomic E-state index is 13.0. The average molecular weight is 422 g/mol. The van der Waals surface area contributed by atoms with Gasteiger partial charge in [0.05, 0.1) is 12.7 Å². The molecule has 1 fully saturated rings. The summed E-state index contributed by atoms with van der Waals surface area (Å²) in [5.74, 6) is 2.27. The van der Waals surface area contributed by atoms with Gasteiger partial charge in [0, 0.05) is 24.8 Å². The summed E-state index contributed by atoms with van der Waals surface area (Å²) >= 11 is 4.84. The molecule has 2 rings (SSSR count). The molecule has 1 aliphatic heterocycles. The number of aromatic nitrogens is 2. The molecule has 0 aliphatic carbocycles. The highest BCUT2D eigenvalue weighted by molar-refractivity contribution is 7.79. The lowest BCUT2D eigenvalue weighted by Crippen LogP contribution is -2.36. The van der Waals surface area contributed by atoms with Crippen molar-refractivity contribution in [3.05, 3.63) is 32.6 Å². The molecule has 1 aliphatic rings. The fraction of sp³-hybridized carbons (Fsp3) is 0.562. The molecule has 0 amide bonds. The highest BCUT2D eigenvalue weighted by Gasteiger charge is 2.40. The van der Waals surface area contributed by atoms with Crippen molar-refractivity contribution < 1.29 is 32.1 Å². The summed E-state index contributed by atoms with van der Waals surface area (Å²) in [7, 11) is 0. The van der Waals surface area contributed by atoms with Crippen LogP contribution in [0.2, 0.25) is 0 Å². The van der Waals surface area contributed by atoms with Crippen LogP contribution in [0.15, 0.2) is 15.8 Å². The SMILES string of the molecule is C#CCO[C@H]1C[C@H](n2cc(C(F)(F)F)c(=O)[nH]c2=O)O[C@@H]1COC(=S)OCC. The number of nitrogens with one attached hydrogen (secondary N) is 1. The second-order valence-electron chi connectivity index (χ2n) is 5.62. The Balaban J connectivity index is 2.24. The van der Waals surface area contributed by atoms with Gasteiger partial charge in [-0.2, -0.15) is 13.2 Å². The highest BCUT2D eigenvalue weighted by Crippen LogP contribution is 2.32. The third-order valence-electron chi connectivity index (χ3n) is 3.77. The van der Waals surface area contributed by atoms with E-state index in [1.165, 1.54) is 0 Å². The van der Waals surface area contributed by atoms with E-state index in [1.54, 1.807) is 11.9 Å². The van der Waals surface area contributed by atoms with E-state index in [-0.39, 0.29) is 31.5 Å². The van der Waals surface area contributed by atoms with Crippen LogP contribution in [-0.4, -0.2) is 46.8 Å². The van der Waals surface area contributed by atoms with Crippen molar-refractivity contribution >= 4 is 17.5 Å². The van der Waals surface area contributed by atoms with Crippen LogP contribution >= 0.6 is 12.2 Å². The monoisotopic (exact) mass is 422 g/mol. The lowest BCUT2D eigenvalue weighted by molar-refractivity contribution is -0.139. The lowest BCUT2D eigenvalue weighted by atomic mass is 10.2. The van der Waals surface area contributed by atoms with Crippen molar-refractivity contribution in [2.24, 2.45) is 0 Å². The second kappa shape index (κ2) is 9.22. The first-order valence-electron chi connectivity index (χ1n) is 8.10. The molecule has 8 nitrogen and oxygen atoms in total. The zero-order valence-corrected chi connectivity index (χ0v) is 15.5. The fourth-order valence-electron chi connectivity index (χ4n) is 2.56. The normalized spacial score (nSPS) is 21.9. The Bertz CT molecular complexity index is 860. The molecule has 28 heavy (non-hydrogen) atoms. The van der Waals surface area contributed by atoms with Crippen molar-refractivity contribution in [2.45, 2.75) is 38.0 Å². The van der Waals surface area contributed by atoms with Gasteiger partial charge in [0.25, 0.3) is 5.56 Å². The second-order valence-corrected chi connectivity index (χ2v) is 5.95. The maximum absolute atomic E-state index is 13.0. The first-order chi connectivity index (χ1) is 13.2. The predicted octanol–water partition coefficient (Wildman–Crippen LogP) is 1.20. The molecule has 1 saturated heterocycles. The predicted molar refractivity (Wildman–Crippen MR) is 93.6 cm³/mol. The standard InChI is InChI=1S/C16H17F3N2O6S/c1-3-5-25-10-6-12(27-11(10)8-26-15(28)24-4-2)21-7-9(16(17,18)19)13(22)20-14(21)23/h1,7,10-12H,4-6,8H2,2H3,(H,20,22,23)/t10-,11+,12+/m0/s1. The van der Waals surface area contributed by atoms with Gasteiger partial charge < -0.3 is 18.9 Å². The minimum Gasteiger partial charge on any atom is -0.457 e. The van der Waals surface area contributed by atoms with Crippen LogP contribution in [0.4, 0.5) is 13.2 Å². The van der Waals surface area contributed by atoms with Gasteiger partial charge in [0.15, 0.2) is 0 Å². The minimum absolute atomic E-state index is 0.000348. The summed E-state index contributed by atoms with van der Waals surface area (Å²) in [6, 6.07) is 0. The Hall–Kier alpha value is -2.36. The topological polar surface area (TPSA) is 91.8 Å². The first kappa shape index (κ1) is 21.9. The van der Waals surface area contributed by atoms with Crippen LogP contribution in [0.5, 0.6) is 0 Å². The van der Waals surface area contributed by atoms with E-state index >= 15 is 0 Å².